The van der Waals surface area contributed by atoms with Gasteiger partial charge in [-0.1, -0.05) is 67.3 Å². The molecule has 1 saturated carbocycles. The lowest BCUT2D eigenvalue weighted by Gasteiger charge is -2.35. The van der Waals surface area contributed by atoms with E-state index in [0.29, 0.717) is 18.1 Å². The van der Waals surface area contributed by atoms with E-state index in [0.717, 1.165) is 42.5 Å². The Balaban J connectivity index is 1.53. The molecule has 1 N–H and O–H groups in total. The number of thioether (sulfide) groups is 1. The van der Waals surface area contributed by atoms with E-state index in [1.165, 1.54) is 6.42 Å². The van der Waals surface area contributed by atoms with Crippen LogP contribution in [-0.2, 0) is 16.2 Å². The Labute approximate surface area is 204 Å². The van der Waals surface area contributed by atoms with Gasteiger partial charge in [0.15, 0.2) is 4.87 Å². The molecule has 2 heterocycles. The molecule has 1 spiro atoms. The van der Waals surface area contributed by atoms with Crippen molar-refractivity contribution in [3.8, 4) is 0 Å². The highest BCUT2D eigenvalue weighted by Crippen LogP contribution is 2.59. The summed E-state index contributed by atoms with van der Waals surface area (Å²) in [6.45, 7) is 5.10. The highest BCUT2D eigenvalue weighted by molar-refractivity contribution is 8.02. The van der Waals surface area contributed by atoms with Crippen molar-refractivity contribution in [2.24, 2.45) is 0 Å². The third kappa shape index (κ3) is 3.91. The number of hydrogen-bond donors (Lipinski definition) is 1. The lowest BCUT2D eigenvalue weighted by molar-refractivity contribution is -0.123. The van der Waals surface area contributed by atoms with E-state index in [1.54, 1.807) is 21.6 Å². The fourth-order valence-corrected chi connectivity index (χ4v) is 7.34. The van der Waals surface area contributed by atoms with Crippen molar-refractivity contribution >= 4 is 41.0 Å². The molecule has 0 bridgehead atoms. The van der Waals surface area contributed by atoms with E-state index >= 15 is 0 Å². The molecule has 2 fully saturated rings. The summed E-state index contributed by atoms with van der Waals surface area (Å²) in [5, 5.41) is 3.89. The molecule has 2 aromatic rings. The van der Waals surface area contributed by atoms with Crippen molar-refractivity contribution in [3.05, 3.63) is 64.7 Å². The monoisotopic (exact) mass is 483 g/mol. The van der Waals surface area contributed by atoms with Gasteiger partial charge < -0.3 is 10.2 Å². The minimum Gasteiger partial charge on any atom is -0.335 e. The van der Waals surface area contributed by atoms with E-state index in [-0.39, 0.29) is 22.7 Å². The average Bonchev–Trinajstić information content (AvgIpc) is 3.22. The van der Waals surface area contributed by atoms with Crippen molar-refractivity contribution in [1.29, 1.82) is 0 Å². The Hall–Kier alpha value is -2.18. The molecule has 2 aromatic carbocycles. The number of hydrogen-bond acceptors (Lipinski definition) is 3. The SMILES string of the molecule is CC1(C)CN(C(=O)NC2CCCCC2)[C@]2(S1)C(=O)N(Cc1ccccc1Cl)c1ccccc12. The van der Waals surface area contributed by atoms with Crippen LogP contribution in [0, 0.1) is 0 Å². The smallest absolute Gasteiger partial charge is 0.319 e. The zero-order valence-electron chi connectivity index (χ0n) is 19.1. The van der Waals surface area contributed by atoms with Gasteiger partial charge >= 0.3 is 6.03 Å². The molecule has 33 heavy (non-hydrogen) atoms. The lowest BCUT2D eigenvalue weighted by Crippen LogP contribution is -2.55. The number of carbonyl (C=O) groups is 2. The summed E-state index contributed by atoms with van der Waals surface area (Å²) in [7, 11) is 0. The molecular weight excluding hydrogens is 454 g/mol. The number of nitrogens with one attached hydrogen (secondary N) is 1. The first-order chi connectivity index (χ1) is 15.8. The Morgan fingerprint density at radius 1 is 1.09 bits per heavy atom. The Morgan fingerprint density at radius 3 is 2.55 bits per heavy atom. The summed E-state index contributed by atoms with van der Waals surface area (Å²) in [6.07, 6.45) is 5.53. The van der Waals surface area contributed by atoms with Gasteiger partial charge in [-0.3, -0.25) is 9.69 Å². The number of fused-ring (bicyclic) bond motifs is 2. The van der Waals surface area contributed by atoms with E-state index in [1.807, 2.05) is 48.5 Å². The van der Waals surface area contributed by atoms with Crippen LogP contribution in [0.1, 0.15) is 57.1 Å². The molecule has 7 heteroatoms. The molecule has 5 nitrogen and oxygen atoms in total. The van der Waals surface area contributed by atoms with Gasteiger partial charge in [0.25, 0.3) is 5.91 Å². The molecule has 2 aliphatic heterocycles. The van der Waals surface area contributed by atoms with Crippen molar-refractivity contribution in [2.45, 2.75) is 68.2 Å². The first kappa shape index (κ1) is 22.6. The minimum atomic E-state index is -1.07. The summed E-state index contributed by atoms with van der Waals surface area (Å²) in [6, 6.07) is 15.5. The second-order valence-corrected chi connectivity index (χ2v) is 12.2. The summed E-state index contributed by atoms with van der Waals surface area (Å²) >= 11 is 8.03. The molecule has 0 aromatic heterocycles. The van der Waals surface area contributed by atoms with Crippen molar-refractivity contribution in [3.63, 3.8) is 0 Å². The maximum atomic E-state index is 14.2. The first-order valence-electron chi connectivity index (χ1n) is 11.7. The maximum absolute atomic E-state index is 14.2. The van der Waals surface area contributed by atoms with Gasteiger partial charge in [-0.15, -0.1) is 11.8 Å². The normalized spacial score (nSPS) is 24.4. The molecule has 3 amide bonds. The third-order valence-corrected chi connectivity index (χ3v) is 8.86. The van der Waals surface area contributed by atoms with E-state index in [2.05, 4.69) is 19.2 Å². The number of anilines is 1. The largest absolute Gasteiger partial charge is 0.335 e. The molecule has 1 atom stereocenters. The number of benzene rings is 2. The van der Waals surface area contributed by atoms with Crippen LogP contribution >= 0.6 is 23.4 Å². The van der Waals surface area contributed by atoms with E-state index in [4.69, 9.17) is 11.6 Å². The fraction of sp³-hybridized carbons (Fsp3) is 0.462. The standard InChI is InChI=1S/C26H30ClN3O2S/c1-25(2)17-30(24(32)28-19-11-4-3-5-12-19)26(33-25)20-13-7-9-15-22(20)29(23(26)31)16-18-10-6-8-14-21(18)27/h6-10,13-15,19H,3-5,11-12,16-17H2,1-2H3,(H,28,32)/t26-/m1/s1. The fourth-order valence-electron chi connectivity index (χ4n) is 5.41. The number of halogens is 1. The predicted molar refractivity (Wildman–Crippen MR) is 135 cm³/mol. The zero-order valence-corrected chi connectivity index (χ0v) is 20.7. The van der Waals surface area contributed by atoms with Crippen LogP contribution in [0.25, 0.3) is 0 Å². The molecule has 3 aliphatic rings. The lowest BCUT2D eigenvalue weighted by atomic mass is 9.95. The first-order valence-corrected chi connectivity index (χ1v) is 12.9. The molecule has 5 rings (SSSR count). The number of amides is 3. The van der Waals surface area contributed by atoms with Crippen LogP contribution in [-0.4, -0.2) is 34.2 Å². The Bertz CT molecular complexity index is 1080. The van der Waals surface area contributed by atoms with Gasteiger partial charge in [0.2, 0.25) is 0 Å². The van der Waals surface area contributed by atoms with Crippen LogP contribution in [0.5, 0.6) is 0 Å². The van der Waals surface area contributed by atoms with Crippen LogP contribution in [0.4, 0.5) is 10.5 Å². The van der Waals surface area contributed by atoms with Gasteiger partial charge in [-0.25, -0.2) is 4.79 Å². The highest BCUT2D eigenvalue weighted by atomic mass is 35.5. The molecule has 174 valence electrons. The van der Waals surface area contributed by atoms with Crippen LogP contribution in [0.3, 0.4) is 0 Å². The third-order valence-electron chi connectivity index (χ3n) is 6.90. The molecule has 1 saturated heterocycles. The summed E-state index contributed by atoms with van der Waals surface area (Å²) in [4.78, 5) is 30.4. The number of para-hydroxylation sites is 1. The van der Waals surface area contributed by atoms with Gasteiger partial charge in [-0.05, 0) is 44.4 Å². The Kier molecular flexibility index (Phi) is 5.86. The van der Waals surface area contributed by atoms with Gasteiger partial charge in [0, 0.05) is 27.9 Å². The van der Waals surface area contributed by atoms with Crippen molar-refractivity contribution in [1.82, 2.24) is 10.2 Å². The van der Waals surface area contributed by atoms with Gasteiger partial charge in [-0.2, -0.15) is 0 Å². The second-order valence-electron chi connectivity index (χ2n) is 9.88. The number of carbonyl (C=O) groups excluding carboxylic acids is 2. The number of nitrogens with zero attached hydrogens (tertiary/aromatic N) is 2. The van der Waals surface area contributed by atoms with E-state index < -0.39 is 4.87 Å². The van der Waals surface area contributed by atoms with Crippen molar-refractivity contribution in [2.75, 3.05) is 11.4 Å². The molecule has 0 unspecified atom stereocenters. The quantitative estimate of drug-likeness (QED) is 0.590. The van der Waals surface area contributed by atoms with Crippen molar-refractivity contribution < 1.29 is 9.59 Å². The summed E-state index contributed by atoms with van der Waals surface area (Å²) in [5.74, 6) is -0.0713. The van der Waals surface area contributed by atoms with Gasteiger partial charge in [0.05, 0.1) is 12.2 Å². The molecular formula is C26H30ClN3O2S. The average molecular weight is 484 g/mol. The number of rotatable bonds is 3. The van der Waals surface area contributed by atoms with Gasteiger partial charge in [0.1, 0.15) is 0 Å². The Morgan fingerprint density at radius 2 is 1.79 bits per heavy atom. The van der Waals surface area contributed by atoms with Crippen LogP contribution in [0.15, 0.2) is 48.5 Å². The van der Waals surface area contributed by atoms with E-state index in [9.17, 15) is 9.59 Å². The number of urea groups is 1. The van der Waals surface area contributed by atoms with Crippen LogP contribution in [0.2, 0.25) is 5.02 Å². The molecule has 1 aliphatic carbocycles. The zero-order chi connectivity index (χ0) is 23.2. The summed E-state index contributed by atoms with van der Waals surface area (Å²) in [5.41, 5.74) is 2.62. The second kappa shape index (κ2) is 8.55. The minimum absolute atomic E-state index is 0.0713. The summed E-state index contributed by atoms with van der Waals surface area (Å²) < 4.78 is -0.257. The van der Waals surface area contributed by atoms with Crippen LogP contribution < -0.4 is 10.2 Å². The maximum Gasteiger partial charge on any atom is 0.319 e. The molecule has 0 radical (unpaired) electrons. The topological polar surface area (TPSA) is 52.7 Å². The predicted octanol–water partition coefficient (Wildman–Crippen LogP) is 5.91. The highest BCUT2D eigenvalue weighted by Gasteiger charge is 2.63.